The van der Waals surface area contributed by atoms with E-state index in [1.165, 1.54) is 6.07 Å². The number of benzene rings is 1. The molecule has 0 aliphatic heterocycles. The third kappa shape index (κ3) is 3.59. The number of esters is 1. The van der Waals surface area contributed by atoms with Crippen LogP contribution in [0.1, 0.15) is 19.8 Å². The number of ether oxygens (including phenoxy) is 1. The van der Waals surface area contributed by atoms with Crippen LogP contribution in [-0.4, -0.2) is 30.1 Å². The summed E-state index contributed by atoms with van der Waals surface area (Å²) in [7, 11) is 0. The summed E-state index contributed by atoms with van der Waals surface area (Å²) in [6.45, 7) is 2.11. The zero-order chi connectivity index (χ0) is 14.7. The van der Waals surface area contributed by atoms with Crippen molar-refractivity contribution in [2.45, 2.75) is 25.8 Å². The van der Waals surface area contributed by atoms with Gasteiger partial charge in [-0.15, -0.1) is 0 Å². The summed E-state index contributed by atoms with van der Waals surface area (Å²) in [5, 5.41) is 11.2. The third-order valence-electron chi connectivity index (χ3n) is 3.04. The summed E-state index contributed by atoms with van der Waals surface area (Å²) < 4.78 is 5.74. The minimum absolute atomic E-state index is 0.0353. The Balaban J connectivity index is 2.29. The van der Waals surface area contributed by atoms with E-state index in [1.807, 2.05) is 28.7 Å². The topological polar surface area (TPSA) is 72.7 Å². The monoisotopic (exact) mass is 390 g/mol. The van der Waals surface area contributed by atoms with E-state index >= 15 is 0 Å². The molecule has 0 heterocycles. The molecule has 1 aliphatic carbocycles. The number of halogens is 1. The van der Waals surface area contributed by atoms with Crippen molar-refractivity contribution in [2.24, 2.45) is 0 Å². The van der Waals surface area contributed by atoms with Crippen LogP contribution in [0.5, 0.6) is 0 Å². The van der Waals surface area contributed by atoms with E-state index < -0.39 is 4.92 Å². The molecule has 1 fully saturated rings. The standard InChI is InChI=1S/C13H15IN2O4/c1-2-20-13(17)8-15(10-4-5-10)11-6-3-9(14)7-12(11)16(18)19/h3,6-7,10H,2,4-5,8H2,1H3. The molecule has 0 aromatic heterocycles. The molecule has 0 saturated heterocycles. The van der Waals surface area contributed by atoms with Gasteiger partial charge in [-0.05, 0) is 54.5 Å². The van der Waals surface area contributed by atoms with Gasteiger partial charge in [0.2, 0.25) is 0 Å². The average molecular weight is 390 g/mol. The highest BCUT2D eigenvalue weighted by atomic mass is 127. The number of hydrogen-bond donors (Lipinski definition) is 0. The first-order chi connectivity index (χ1) is 9.52. The fourth-order valence-electron chi connectivity index (χ4n) is 2.03. The first kappa shape index (κ1) is 15.0. The van der Waals surface area contributed by atoms with Crippen LogP contribution in [-0.2, 0) is 9.53 Å². The van der Waals surface area contributed by atoms with Crippen LogP contribution in [0.2, 0.25) is 0 Å². The number of nitro groups is 1. The van der Waals surface area contributed by atoms with Crippen LogP contribution < -0.4 is 4.90 Å². The molecule has 0 N–H and O–H groups in total. The van der Waals surface area contributed by atoms with Crippen molar-refractivity contribution in [1.29, 1.82) is 0 Å². The number of carbonyl (C=O) groups excluding carboxylic acids is 1. The Morgan fingerprint density at radius 3 is 2.80 bits per heavy atom. The summed E-state index contributed by atoms with van der Waals surface area (Å²) in [4.78, 5) is 24.2. The van der Waals surface area contributed by atoms with Gasteiger partial charge < -0.3 is 9.64 Å². The van der Waals surface area contributed by atoms with E-state index in [2.05, 4.69) is 0 Å². The van der Waals surface area contributed by atoms with Gasteiger partial charge in [0.25, 0.3) is 5.69 Å². The van der Waals surface area contributed by atoms with Crippen molar-refractivity contribution in [2.75, 3.05) is 18.1 Å². The minimum atomic E-state index is -0.405. The van der Waals surface area contributed by atoms with Crippen molar-refractivity contribution < 1.29 is 14.5 Å². The van der Waals surface area contributed by atoms with E-state index in [0.29, 0.717) is 12.3 Å². The molecule has 0 radical (unpaired) electrons. The summed E-state index contributed by atoms with van der Waals surface area (Å²) >= 11 is 2.04. The molecule has 0 bridgehead atoms. The van der Waals surface area contributed by atoms with Gasteiger partial charge in [0.05, 0.1) is 11.5 Å². The summed E-state index contributed by atoms with van der Waals surface area (Å²) in [6.07, 6.45) is 1.89. The maximum Gasteiger partial charge on any atom is 0.325 e. The molecular formula is C13H15IN2O4. The molecule has 20 heavy (non-hydrogen) atoms. The number of anilines is 1. The molecule has 0 spiro atoms. The predicted molar refractivity (Wildman–Crippen MR) is 82.8 cm³/mol. The lowest BCUT2D eigenvalue weighted by atomic mass is 10.2. The van der Waals surface area contributed by atoms with E-state index in [-0.39, 0.29) is 24.2 Å². The van der Waals surface area contributed by atoms with Crippen LogP contribution >= 0.6 is 22.6 Å². The summed E-state index contributed by atoms with van der Waals surface area (Å²) in [5.41, 5.74) is 0.527. The first-order valence-electron chi connectivity index (χ1n) is 6.39. The molecule has 1 aromatic carbocycles. The van der Waals surface area contributed by atoms with Crippen LogP contribution in [0.4, 0.5) is 11.4 Å². The lowest BCUT2D eigenvalue weighted by Gasteiger charge is -2.23. The SMILES string of the molecule is CCOC(=O)CN(c1ccc(I)cc1[N+](=O)[O-])C1CC1. The number of hydrogen-bond acceptors (Lipinski definition) is 5. The van der Waals surface area contributed by atoms with Gasteiger partial charge in [0.15, 0.2) is 0 Å². The highest BCUT2D eigenvalue weighted by Crippen LogP contribution is 2.37. The van der Waals surface area contributed by atoms with Crippen LogP contribution in [0.3, 0.4) is 0 Å². The molecule has 108 valence electrons. The second kappa shape index (κ2) is 6.38. The summed E-state index contributed by atoms with van der Waals surface area (Å²) in [5.74, 6) is -0.354. The quantitative estimate of drug-likeness (QED) is 0.323. The van der Waals surface area contributed by atoms with E-state index in [9.17, 15) is 14.9 Å². The molecule has 7 heteroatoms. The fourth-order valence-corrected chi connectivity index (χ4v) is 2.50. The normalized spacial score (nSPS) is 13.9. The first-order valence-corrected chi connectivity index (χ1v) is 7.47. The Morgan fingerprint density at radius 1 is 1.55 bits per heavy atom. The minimum Gasteiger partial charge on any atom is -0.465 e. The largest absolute Gasteiger partial charge is 0.465 e. The van der Waals surface area contributed by atoms with Crippen LogP contribution in [0.15, 0.2) is 18.2 Å². The van der Waals surface area contributed by atoms with Crippen LogP contribution in [0, 0.1) is 13.7 Å². The number of nitro benzene ring substituents is 1. The Kier molecular flexibility index (Phi) is 4.79. The van der Waals surface area contributed by atoms with Crippen molar-refractivity contribution in [3.8, 4) is 0 Å². The maximum atomic E-state index is 11.7. The second-order valence-electron chi connectivity index (χ2n) is 4.55. The van der Waals surface area contributed by atoms with Gasteiger partial charge in [0.1, 0.15) is 12.2 Å². The van der Waals surface area contributed by atoms with Crippen molar-refractivity contribution in [3.63, 3.8) is 0 Å². The Bertz CT molecular complexity index is 531. The molecule has 1 aliphatic rings. The predicted octanol–water partition coefficient (Wildman–Crippen LogP) is 2.73. The Hall–Kier alpha value is -1.38. The Labute approximate surface area is 130 Å². The van der Waals surface area contributed by atoms with Gasteiger partial charge in [-0.1, -0.05) is 0 Å². The smallest absolute Gasteiger partial charge is 0.325 e. The van der Waals surface area contributed by atoms with Crippen molar-refractivity contribution in [3.05, 3.63) is 31.9 Å². The molecule has 0 amide bonds. The van der Waals surface area contributed by atoms with Gasteiger partial charge >= 0.3 is 5.97 Å². The molecule has 2 rings (SSSR count). The molecular weight excluding hydrogens is 375 g/mol. The van der Waals surface area contributed by atoms with Crippen LogP contribution in [0.25, 0.3) is 0 Å². The highest BCUT2D eigenvalue weighted by Gasteiger charge is 2.34. The van der Waals surface area contributed by atoms with Gasteiger partial charge in [0, 0.05) is 15.7 Å². The fraction of sp³-hybridized carbons (Fsp3) is 0.462. The summed E-state index contributed by atoms with van der Waals surface area (Å²) in [6, 6.07) is 5.23. The molecule has 6 nitrogen and oxygen atoms in total. The number of carbonyl (C=O) groups is 1. The van der Waals surface area contributed by atoms with Crippen molar-refractivity contribution in [1.82, 2.24) is 0 Å². The third-order valence-corrected chi connectivity index (χ3v) is 3.71. The lowest BCUT2D eigenvalue weighted by molar-refractivity contribution is -0.384. The van der Waals surface area contributed by atoms with Gasteiger partial charge in [-0.25, -0.2) is 0 Å². The maximum absolute atomic E-state index is 11.7. The molecule has 0 atom stereocenters. The highest BCUT2D eigenvalue weighted by molar-refractivity contribution is 14.1. The lowest BCUT2D eigenvalue weighted by Crippen LogP contribution is -2.33. The average Bonchev–Trinajstić information content (AvgIpc) is 3.20. The van der Waals surface area contributed by atoms with E-state index in [4.69, 9.17) is 4.74 Å². The number of nitrogens with zero attached hydrogens (tertiary/aromatic N) is 2. The molecule has 1 aromatic rings. The van der Waals surface area contributed by atoms with E-state index in [0.717, 1.165) is 16.4 Å². The van der Waals surface area contributed by atoms with Gasteiger partial charge in [-0.2, -0.15) is 0 Å². The number of rotatable bonds is 6. The van der Waals surface area contributed by atoms with Crippen molar-refractivity contribution >= 4 is 39.9 Å². The van der Waals surface area contributed by atoms with Gasteiger partial charge in [-0.3, -0.25) is 14.9 Å². The zero-order valence-corrected chi connectivity index (χ0v) is 13.2. The zero-order valence-electron chi connectivity index (χ0n) is 11.0. The Morgan fingerprint density at radius 2 is 2.25 bits per heavy atom. The molecule has 1 saturated carbocycles. The second-order valence-corrected chi connectivity index (χ2v) is 5.80. The molecule has 0 unspecified atom stereocenters. The van der Waals surface area contributed by atoms with E-state index in [1.54, 1.807) is 17.9 Å².